The molecule has 0 saturated heterocycles. The molecule has 0 aliphatic heterocycles. The van der Waals surface area contributed by atoms with E-state index in [4.69, 9.17) is 4.74 Å². The Balaban J connectivity index is 2.79. The number of carbonyl (C=O) groups excluding carboxylic acids is 1. The van der Waals surface area contributed by atoms with Gasteiger partial charge in [-0.3, -0.25) is 4.79 Å². The first-order valence-electron chi connectivity index (χ1n) is 5.17. The Morgan fingerprint density at radius 2 is 1.88 bits per heavy atom. The number of hydrogen-bond acceptors (Lipinski definition) is 4. The highest BCUT2D eigenvalue weighted by molar-refractivity contribution is 7.89. The van der Waals surface area contributed by atoms with E-state index in [1.165, 1.54) is 19.2 Å². The Labute approximate surface area is 101 Å². The fourth-order valence-electron chi connectivity index (χ4n) is 1.28. The van der Waals surface area contributed by atoms with E-state index in [2.05, 4.69) is 4.72 Å². The van der Waals surface area contributed by atoms with Gasteiger partial charge in [0.25, 0.3) is 0 Å². The van der Waals surface area contributed by atoms with E-state index in [0.29, 0.717) is 6.61 Å². The van der Waals surface area contributed by atoms with Crippen molar-refractivity contribution in [2.24, 2.45) is 0 Å². The first-order valence-corrected chi connectivity index (χ1v) is 6.66. The summed E-state index contributed by atoms with van der Waals surface area (Å²) in [6.45, 7) is 2.07. The van der Waals surface area contributed by atoms with E-state index in [-0.39, 0.29) is 17.3 Å². The summed E-state index contributed by atoms with van der Waals surface area (Å²) < 4.78 is 29.9. The maximum absolute atomic E-state index is 11.4. The number of rotatable bonds is 5. The van der Waals surface area contributed by atoms with Gasteiger partial charge in [-0.1, -0.05) is 12.1 Å². The van der Waals surface area contributed by atoms with Gasteiger partial charge in [0, 0.05) is 0 Å². The number of hydrogen-bond donors (Lipinski definition) is 1. The van der Waals surface area contributed by atoms with E-state index in [1.54, 1.807) is 19.1 Å². The molecule has 0 amide bonds. The Hall–Kier alpha value is -1.40. The molecule has 0 atom stereocenters. The maximum Gasteiger partial charge on any atom is 0.310 e. The average Bonchev–Trinajstić information content (AvgIpc) is 2.30. The summed E-state index contributed by atoms with van der Waals surface area (Å²) in [5.74, 6) is -0.322. The molecule has 1 N–H and O–H groups in total. The van der Waals surface area contributed by atoms with Gasteiger partial charge in [0.15, 0.2) is 0 Å². The van der Waals surface area contributed by atoms with Gasteiger partial charge in [-0.05, 0) is 31.7 Å². The number of carbonyl (C=O) groups is 1. The summed E-state index contributed by atoms with van der Waals surface area (Å²) in [6.07, 6.45) is 0.147. The zero-order valence-corrected chi connectivity index (χ0v) is 10.6. The molecule has 1 aromatic rings. The van der Waals surface area contributed by atoms with Gasteiger partial charge in [-0.15, -0.1) is 0 Å². The van der Waals surface area contributed by atoms with E-state index >= 15 is 0 Å². The molecule has 0 radical (unpaired) electrons. The fourth-order valence-corrected chi connectivity index (χ4v) is 2.01. The topological polar surface area (TPSA) is 72.5 Å². The van der Waals surface area contributed by atoms with E-state index in [1.807, 2.05) is 0 Å². The van der Waals surface area contributed by atoms with Crippen LogP contribution in [0.1, 0.15) is 12.5 Å². The van der Waals surface area contributed by atoms with Crippen LogP contribution in [-0.4, -0.2) is 28.0 Å². The fraction of sp³-hybridized carbons (Fsp3) is 0.364. The number of esters is 1. The summed E-state index contributed by atoms with van der Waals surface area (Å²) in [4.78, 5) is 11.4. The van der Waals surface area contributed by atoms with Crippen molar-refractivity contribution in [1.29, 1.82) is 0 Å². The molecule has 6 heteroatoms. The van der Waals surface area contributed by atoms with Crippen molar-refractivity contribution in [3.63, 3.8) is 0 Å². The van der Waals surface area contributed by atoms with Gasteiger partial charge in [-0.2, -0.15) is 0 Å². The van der Waals surface area contributed by atoms with Crippen molar-refractivity contribution in [3.8, 4) is 0 Å². The smallest absolute Gasteiger partial charge is 0.310 e. The van der Waals surface area contributed by atoms with Crippen LogP contribution >= 0.6 is 0 Å². The minimum atomic E-state index is -3.42. The lowest BCUT2D eigenvalue weighted by atomic mass is 10.1. The summed E-state index contributed by atoms with van der Waals surface area (Å²) in [6, 6.07) is 6.11. The van der Waals surface area contributed by atoms with Gasteiger partial charge >= 0.3 is 5.97 Å². The molecule has 1 rings (SSSR count). The Morgan fingerprint density at radius 1 is 1.29 bits per heavy atom. The molecule has 17 heavy (non-hydrogen) atoms. The normalized spacial score (nSPS) is 11.2. The molecular formula is C11H15NO4S. The second-order valence-corrected chi connectivity index (χ2v) is 5.22. The monoisotopic (exact) mass is 257 g/mol. The molecule has 0 saturated carbocycles. The highest BCUT2D eigenvalue weighted by Gasteiger charge is 2.11. The molecule has 5 nitrogen and oxygen atoms in total. The molecule has 0 aromatic heterocycles. The molecule has 1 aromatic carbocycles. The van der Waals surface area contributed by atoms with Gasteiger partial charge in [0.05, 0.1) is 17.9 Å². The second kappa shape index (κ2) is 5.79. The lowest BCUT2D eigenvalue weighted by Crippen LogP contribution is -2.18. The van der Waals surface area contributed by atoms with E-state index in [0.717, 1.165) is 5.56 Å². The first-order chi connectivity index (χ1) is 7.99. The number of nitrogens with one attached hydrogen (secondary N) is 1. The van der Waals surface area contributed by atoms with Crippen molar-refractivity contribution < 1.29 is 17.9 Å². The van der Waals surface area contributed by atoms with E-state index in [9.17, 15) is 13.2 Å². The Bertz CT molecular complexity index is 479. The lowest BCUT2D eigenvalue weighted by molar-refractivity contribution is -0.142. The van der Waals surface area contributed by atoms with Gasteiger partial charge in [-0.25, -0.2) is 13.1 Å². The molecule has 0 aliphatic carbocycles. The lowest BCUT2D eigenvalue weighted by Gasteiger charge is -2.04. The Kier molecular flexibility index (Phi) is 4.65. The molecular weight excluding hydrogens is 242 g/mol. The van der Waals surface area contributed by atoms with Crippen LogP contribution in [0.4, 0.5) is 0 Å². The first kappa shape index (κ1) is 13.7. The Morgan fingerprint density at radius 3 is 2.35 bits per heavy atom. The zero-order valence-electron chi connectivity index (χ0n) is 9.76. The molecule has 0 aliphatic rings. The third-order valence-corrected chi connectivity index (χ3v) is 3.59. The predicted octanol–water partition coefficient (Wildman–Crippen LogP) is 0.700. The van der Waals surface area contributed by atoms with Crippen LogP contribution in [0.15, 0.2) is 29.2 Å². The quantitative estimate of drug-likeness (QED) is 0.788. The number of benzene rings is 1. The standard InChI is InChI=1S/C11H15NO4S/c1-3-16-11(13)8-9-4-6-10(7-5-9)17(14,15)12-2/h4-7,12H,3,8H2,1-2H3. The third-order valence-electron chi connectivity index (χ3n) is 2.16. The van der Waals surface area contributed by atoms with E-state index < -0.39 is 10.0 Å². The number of sulfonamides is 1. The van der Waals surface area contributed by atoms with Crippen LogP contribution in [0.3, 0.4) is 0 Å². The minimum absolute atomic E-state index is 0.147. The molecule has 0 fully saturated rings. The highest BCUT2D eigenvalue weighted by Crippen LogP contribution is 2.10. The van der Waals surface area contributed by atoms with Gasteiger partial charge in [0.1, 0.15) is 0 Å². The van der Waals surface area contributed by atoms with Gasteiger partial charge < -0.3 is 4.74 Å². The van der Waals surface area contributed by atoms with Crippen molar-refractivity contribution in [2.75, 3.05) is 13.7 Å². The van der Waals surface area contributed by atoms with Crippen molar-refractivity contribution in [2.45, 2.75) is 18.2 Å². The predicted molar refractivity (Wildman–Crippen MR) is 63.0 cm³/mol. The third kappa shape index (κ3) is 3.83. The zero-order chi connectivity index (χ0) is 12.9. The molecule has 0 heterocycles. The summed E-state index contributed by atoms with van der Waals surface area (Å²) in [5, 5.41) is 0. The van der Waals surface area contributed by atoms with Crippen LogP contribution < -0.4 is 4.72 Å². The van der Waals surface area contributed by atoms with Crippen molar-refractivity contribution in [1.82, 2.24) is 4.72 Å². The van der Waals surface area contributed by atoms with Crippen LogP contribution in [0.5, 0.6) is 0 Å². The molecule has 0 unspecified atom stereocenters. The summed E-state index contributed by atoms with van der Waals surface area (Å²) >= 11 is 0. The summed E-state index contributed by atoms with van der Waals surface area (Å²) in [5.41, 5.74) is 0.721. The largest absolute Gasteiger partial charge is 0.466 e. The summed E-state index contributed by atoms with van der Waals surface area (Å²) in [7, 11) is -2.07. The molecule has 0 bridgehead atoms. The van der Waals surface area contributed by atoms with Crippen LogP contribution in [0.25, 0.3) is 0 Å². The SMILES string of the molecule is CCOC(=O)Cc1ccc(S(=O)(=O)NC)cc1. The molecule has 0 spiro atoms. The molecule has 94 valence electrons. The minimum Gasteiger partial charge on any atom is -0.466 e. The average molecular weight is 257 g/mol. The van der Waals surface area contributed by atoms with Gasteiger partial charge in [0.2, 0.25) is 10.0 Å². The van der Waals surface area contributed by atoms with Crippen molar-refractivity contribution in [3.05, 3.63) is 29.8 Å². The van der Waals surface area contributed by atoms with Crippen LogP contribution in [0.2, 0.25) is 0 Å². The van der Waals surface area contributed by atoms with Crippen molar-refractivity contribution >= 4 is 16.0 Å². The highest BCUT2D eigenvalue weighted by atomic mass is 32.2. The van der Waals surface area contributed by atoms with Crippen LogP contribution in [-0.2, 0) is 26.0 Å². The van der Waals surface area contributed by atoms with Crippen LogP contribution in [0, 0.1) is 0 Å². The maximum atomic E-state index is 11.4. The second-order valence-electron chi connectivity index (χ2n) is 3.33. The number of ether oxygens (including phenoxy) is 1.